The van der Waals surface area contributed by atoms with Crippen LogP contribution in [0.25, 0.3) is 0 Å². The molecule has 12 heteroatoms. The van der Waals surface area contributed by atoms with Gasteiger partial charge in [-0.15, -0.1) is 0 Å². The van der Waals surface area contributed by atoms with E-state index in [4.69, 9.17) is 46.4 Å². The maximum atomic E-state index is 14.6. The molecule has 0 saturated heterocycles. The molecule has 0 spiro atoms. The molecule has 1 N–H and O–H groups in total. The molecule has 47 heavy (non-hydrogen) atoms. The van der Waals surface area contributed by atoms with E-state index in [1.54, 1.807) is 30.3 Å². The van der Waals surface area contributed by atoms with Crippen LogP contribution in [0.2, 0.25) is 20.1 Å². The lowest BCUT2D eigenvalue weighted by Gasteiger charge is -2.34. The minimum absolute atomic E-state index is 0.0228. The number of benzene rings is 4. The summed E-state index contributed by atoms with van der Waals surface area (Å²) >= 11 is 25.4. The molecule has 0 bridgehead atoms. The summed E-state index contributed by atoms with van der Waals surface area (Å²) in [5.41, 5.74) is 2.30. The minimum Gasteiger partial charge on any atom is -0.354 e. The van der Waals surface area contributed by atoms with Crippen molar-refractivity contribution in [1.29, 1.82) is 0 Å². The third-order valence-corrected chi connectivity index (χ3v) is 10.6. The fourth-order valence-corrected chi connectivity index (χ4v) is 7.10. The van der Waals surface area contributed by atoms with E-state index < -0.39 is 28.5 Å². The Morgan fingerprint density at radius 1 is 0.809 bits per heavy atom. The summed E-state index contributed by atoms with van der Waals surface area (Å²) in [6, 6.07) is 23.9. The summed E-state index contributed by atoms with van der Waals surface area (Å²) < 4.78 is 29.4. The van der Waals surface area contributed by atoms with Gasteiger partial charge in [0.15, 0.2) is 0 Å². The van der Waals surface area contributed by atoms with Gasteiger partial charge in [-0.2, -0.15) is 0 Å². The van der Waals surface area contributed by atoms with Gasteiger partial charge in [0.2, 0.25) is 11.8 Å². The first-order chi connectivity index (χ1) is 22.4. The molecule has 0 aliphatic heterocycles. The van der Waals surface area contributed by atoms with Crippen molar-refractivity contribution < 1.29 is 18.0 Å². The van der Waals surface area contributed by atoms with Crippen molar-refractivity contribution in [1.82, 2.24) is 10.2 Å². The van der Waals surface area contributed by atoms with E-state index in [1.807, 2.05) is 44.2 Å². The number of aryl methyl sites for hydroxylation is 1. The van der Waals surface area contributed by atoms with Crippen LogP contribution in [-0.4, -0.2) is 44.3 Å². The molecule has 248 valence electrons. The minimum atomic E-state index is -4.34. The quantitative estimate of drug-likeness (QED) is 0.132. The molecular formula is C35H35Cl4N3O4S. The number of anilines is 1. The molecule has 4 rings (SSSR count). The number of hydrogen-bond donors (Lipinski definition) is 1. The largest absolute Gasteiger partial charge is 0.354 e. The first-order valence-electron chi connectivity index (χ1n) is 15.0. The number of unbranched alkanes of at least 4 members (excludes halogenated alkanes) is 1. The van der Waals surface area contributed by atoms with Crippen LogP contribution in [0, 0.1) is 6.92 Å². The van der Waals surface area contributed by atoms with Crippen LogP contribution < -0.4 is 9.62 Å². The molecule has 4 aromatic carbocycles. The molecule has 0 aliphatic carbocycles. The number of halogens is 4. The Balaban J connectivity index is 1.83. The second-order valence-corrected chi connectivity index (χ2v) is 14.6. The van der Waals surface area contributed by atoms with Crippen LogP contribution in [0.4, 0.5) is 5.69 Å². The smallest absolute Gasteiger partial charge is 0.264 e. The second-order valence-electron chi connectivity index (χ2n) is 11.0. The summed E-state index contributed by atoms with van der Waals surface area (Å²) in [5, 5.41) is 3.87. The molecule has 2 amide bonds. The van der Waals surface area contributed by atoms with Crippen LogP contribution >= 0.6 is 46.4 Å². The standard InChI is InChI=1S/C35H35Cl4N3O4S/c1-3-4-18-40-35(44)33(20-25-8-6-5-7-9-25)41(22-26-12-16-29(37)31(39)19-26)34(43)23-42(32-21-27(36)13-17-30(32)38)47(45,46)28-14-10-24(2)11-15-28/h5-17,19,21,33H,3-4,18,20,22-23H2,1-2H3,(H,40,44). The van der Waals surface area contributed by atoms with Gasteiger partial charge in [0, 0.05) is 24.5 Å². The first kappa shape index (κ1) is 36.6. The Morgan fingerprint density at radius 3 is 2.15 bits per heavy atom. The van der Waals surface area contributed by atoms with Crippen molar-refractivity contribution in [2.75, 3.05) is 17.4 Å². The van der Waals surface area contributed by atoms with E-state index in [9.17, 15) is 18.0 Å². The molecule has 7 nitrogen and oxygen atoms in total. The number of sulfonamides is 1. The van der Waals surface area contributed by atoms with Gasteiger partial charge >= 0.3 is 0 Å². The maximum Gasteiger partial charge on any atom is 0.264 e. The fraction of sp³-hybridized carbons (Fsp3) is 0.257. The van der Waals surface area contributed by atoms with Crippen molar-refractivity contribution in [2.45, 2.75) is 50.6 Å². The molecule has 1 atom stereocenters. The lowest BCUT2D eigenvalue weighted by atomic mass is 10.0. The summed E-state index contributed by atoms with van der Waals surface area (Å²) in [6.07, 6.45) is 1.79. The van der Waals surface area contributed by atoms with Crippen LogP contribution in [0.1, 0.15) is 36.5 Å². The Kier molecular flexibility index (Phi) is 13.0. The highest BCUT2D eigenvalue weighted by Gasteiger charge is 2.35. The van der Waals surface area contributed by atoms with Crippen LogP contribution in [0.3, 0.4) is 0 Å². The number of rotatable bonds is 14. The fourth-order valence-electron chi connectivity index (χ4n) is 4.92. The monoisotopic (exact) mass is 733 g/mol. The van der Waals surface area contributed by atoms with Crippen molar-refractivity contribution in [3.8, 4) is 0 Å². The third-order valence-electron chi connectivity index (χ3n) is 7.50. The van der Waals surface area contributed by atoms with Crippen molar-refractivity contribution in [3.05, 3.63) is 128 Å². The van der Waals surface area contributed by atoms with E-state index in [2.05, 4.69) is 5.32 Å². The molecule has 0 aromatic heterocycles. The highest BCUT2D eigenvalue weighted by atomic mass is 35.5. The number of carbonyl (C=O) groups is 2. The molecule has 0 radical (unpaired) electrons. The van der Waals surface area contributed by atoms with Crippen LogP contribution in [-0.2, 0) is 32.6 Å². The molecular weight excluding hydrogens is 700 g/mol. The number of carbonyl (C=O) groups excluding carboxylic acids is 2. The van der Waals surface area contributed by atoms with Gasteiger partial charge in [-0.05, 0) is 66.9 Å². The van der Waals surface area contributed by atoms with E-state index in [0.29, 0.717) is 17.1 Å². The highest BCUT2D eigenvalue weighted by Crippen LogP contribution is 2.34. The zero-order valence-corrected chi connectivity index (χ0v) is 29.8. The molecule has 0 heterocycles. The van der Waals surface area contributed by atoms with Crippen molar-refractivity contribution in [2.24, 2.45) is 0 Å². The number of nitrogens with zero attached hydrogens (tertiary/aromatic N) is 2. The zero-order chi connectivity index (χ0) is 34.1. The molecule has 1 unspecified atom stereocenters. The van der Waals surface area contributed by atoms with Gasteiger partial charge in [-0.1, -0.05) is 114 Å². The predicted molar refractivity (Wildman–Crippen MR) is 191 cm³/mol. The molecule has 4 aromatic rings. The zero-order valence-electron chi connectivity index (χ0n) is 25.9. The SMILES string of the molecule is CCCCNC(=O)C(Cc1ccccc1)N(Cc1ccc(Cl)c(Cl)c1)C(=O)CN(c1cc(Cl)ccc1Cl)S(=O)(=O)c1ccc(C)cc1. The van der Waals surface area contributed by atoms with Gasteiger partial charge in [0.25, 0.3) is 10.0 Å². The van der Waals surface area contributed by atoms with Crippen molar-refractivity contribution >= 4 is 73.9 Å². The predicted octanol–water partition coefficient (Wildman–Crippen LogP) is 8.36. The number of hydrogen-bond acceptors (Lipinski definition) is 4. The molecule has 0 aliphatic rings. The van der Waals surface area contributed by atoms with E-state index in [-0.39, 0.29) is 44.5 Å². The van der Waals surface area contributed by atoms with E-state index in [0.717, 1.165) is 28.3 Å². The highest BCUT2D eigenvalue weighted by molar-refractivity contribution is 7.92. The van der Waals surface area contributed by atoms with Gasteiger partial charge in [0.05, 0.1) is 25.7 Å². The Labute approximate surface area is 296 Å². The lowest BCUT2D eigenvalue weighted by molar-refractivity contribution is -0.140. The Bertz CT molecular complexity index is 1810. The normalized spacial score (nSPS) is 12.0. The van der Waals surface area contributed by atoms with Crippen molar-refractivity contribution in [3.63, 3.8) is 0 Å². The Hall–Kier alpha value is -3.27. The Morgan fingerprint density at radius 2 is 1.49 bits per heavy atom. The van der Waals surface area contributed by atoms with Gasteiger partial charge in [0.1, 0.15) is 12.6 Å². The number of amides is 2. The van der Waals surface area contributed by atoms with Gasteiger partial charge < -0.3 is 10.2 Å². The molecule has 0 fully saturated rings. The van der Waals surface area contributed by atoms with E-state index >= 15 is 0 Å². The summed E-state index contributed by atoms with van der Waals surface area (Å²) in [7, 11) is -4.34. The average Bonchev–Trinajstić information content (AvgIpc) is 3.05. The average molecular weight is 736 g/mol. The molecule has 0 saturated carbocycles. The van der Waals surface area contributed by atoms with Gasteiger partial charge in [-0.25, -0.2) is 8.42 Å². The first-order valence-corrected chi connectivity index (χ1v) is 18.0. The van der Waals surface area contributed by atoms with E-state index in [1.165, 1.54) is 35.2 Å². The topological polar surface area (TPSA) is 86.8 Å². The second kappa shape index (κ2) is 16.7. The summed E-state index contributed by atoms with van der Waals surface area (Å²) in [4.78, 5) is 29.8. The lowest BCUT2D eigenvalue weighted by Crippen LogP contribution is -2.53. The summed E-state index contributed by atoms with van der Waals surface area (Å²) in [5.74, 6) is -1.01. The van der Waals surface area contributed by atoms with Crippen LogP contribution in [0.5, 0.6) is 0 Å². The van der Waals surface area contributed by atoms with Crippen LogP contribution in [0.15, 0.2) is 95.9 Å². The maximum absolute atomic E-state index is 14.6. The summed E-state index contributed by atoms with van der Waals surface area (Å²) in [6.45, 7) is 3.53. The van der Waals surface area contributed by atoms with Gasteiger partial charge in [-0.3, -0.25) is 13.9 Å². The number of nitrogens with one attached hydrogen (secondary N) is 1. The third kappa shape index (κ3) is 9.64.